The monoisotopic (exact) mass is 246 g/mol. The third-order valence-electron chi connectivity index (χ3n) is 3.27. The van der Waals surface area contributed by atoms with Crippen LogP contribution in [-0.2, 0) is 4.79 Å². The van der Waals surface area contributed by atoms with E-state index in [4.69, 9.17) is 0 Å². The predicted octanol–water partition coefficient (Wildman–Crippen LogP) is 0.00520. The van der Waals surface area contributed by atoms with E-state index in [0.29, 0.717) is 6.54 Å². The van der Waals surface area contributed by atoms with Crippen molar-refractivity contribution < 1.29 is 4.79 Å². The molecule has 1 aromatic carbocycles. The molecule has 6 nitrogen and oxygen atoms in total. The van der Waals surface area contributed by atoms with Crippen LogP contribution in [0.4, 0.5) is 0 Å². The number of fused-ring (bicyclic) bond motifs is 1. The summed E-state index contributed by atoms with van der Waals surface area (Å²) in [6.07, 6.45) is 0. The first-order valence-electron chi connectivity index (χ1n) is 5.89. The fourth-order valence-electron chi connectivity index (χ4n) is 2.27. The fraction of sp³-hybridized carbons (Fsp3) is 0.333. The molecule has 2 atom stereocenters. The summed E-state index contributed by atoms with van der Waals surface area (Å²) in [6.45, 7) is 2.39. The summed E-state index contributed by atoms with van der Waals surface area (Å²) in [5.74, 6) is 0.0161. The Balaban J connectivity index is 1.94. The highest BCUT2D eigenvalue weighted by Crippen LogP contribution is 2.19. The molecule has 1 saturated heterocycles. The number of aromatic nitrogens is 2. The van der Waals surface area contributed by atoms with Crippen LogP contribution >= 0.6 is 0 Å². The summed E-state index contributed by atoms with van der Waals surface area (Å²) in [6, 6.07) is 5.61. The molecule has 94 valence electrons. The zero-order valence-electron chi connectivity index (χ0n) is 9.91. The first-order chi connectivity index (χ1) is 8.63. The number of H-pyrrole nitrogens is 2. The highest BCUT2D eigenvalue weighted by Gasteiger charge is 2.25. The van der Waals surface area contributed by atoms with E-state index in [2.05, 4.69) is 20.6 Å². The van der Waals surface area contributed by atoms with Crippen molar-refractivity contribution in [1.82, 2.24) is 20.6 Å². The molecule has 0 saturated carbocycles. The molecule has 4 N–H and O–H groups in total. The van der Waals surface area contributed by atoms with E-state index in [-0.39, 0.29) is 23.7 Å². The largest absolute Gasteiger partial charge is 0.353 e. The van der Waals surface area contributed by atoms with E-state index in [9.17, 15) is 9.59 Å². The van der Waals surface area contributed by atoms with Crippen molar-refractivity contribution in [2.75, 3.05) is 6.54 Å². The molecule has 0 spiro atoms. The molecular formula is C12H14N4O2. The summed E-state index contributed by atoms with van der Waals surface area (Å²) in [7, 11) is 0. The minimum absolute atomic E-state index is 0.0161. The van der Waals surface area contributed by atoms with Gasteiger partial charge in [-0.3, -0.25) is 10.1 Å². The minimum Gasteiger partial charge on any atom is -0.353 e. The summed E-state index contributed by atoms with van der Waals surface area (Å²) in [5, 5.41) is 6.09. The molecule has 2 unspecified atom stereocenters. The lowest BCUT2D eigenvalue weighted by Crippen LogP contribution is -2.52. The van der Waals surface area contributed by atoms with Gasteiger partial charge in [0, 0.05) is 6.54 Å². The number of imidazole rings is 1. The third-order valence-corrected chi connectivity index (χ3v) is 3.27. The molecule has 18 heavy (non-hydrogen) atoms. The average molecular weight is 246 g/mol. The van der Waals surface area contributed by atoms with E-state index >= 15 is 0 Å². The van der Waals surface area contributed by atoms with Crippen LogP contribution in [0.25, 0.3) is 11.0 Å². The fourth-order valence-corrected chi connectivity index (χ4v) is 2.27. The Kier molecular flexibility index (Phi) is 2.45. The number of rotatable bonds is 1. The van der Waals surface area contributed by atoms with E-state index < -0.39 is 0 Å². The third kappa shape index (κ3) is 1.80. The van der Waals surface area contributed by atoms with Crippen LogP contribution in [0.5, 0.6) is 0 Å². The van der Waals surface area contributed by atoms with Gasteiger partial charge in [0.15, 0.2) is 0 Å². The van der Waals surface area contributed by atoms with Crippen molar-refractivity contribution in [3.63, 3.8) is 0 Å². The van der Waals surface area contributed by atoms with Gasteiger partial charge in [0.25, 0.3) is 0 Å². The van der Waals surface area contributed by atoms with E-state index in [1.165, 1.54) is 0 Å². The summed E-state index contributed by atoms with van der Waals surface area (Å²) >= 11 is 0. The molecule has 2 heterocycles. The van der Waals surface area contributed by atoms with E-state index in [1.807, 2.05) is 25.1 Å². The molecule has 0 aliphatic carbocycles. The first kappa shape index (κ1) is 11.0. The Bertz CT molecular complexity index is 657. The average Bonchev–Trinajstić information content (AvgIpc) is 2.71. The maximum Gasteiger partial charge on any atom is 0.323 e. The van der Waals surface area contributed by atoms with Crippen LogP contribution in [0.3, 0.4) is 0 Å². The summed E-state index contributed by atoms with van der Waals surface area (Å²) in [5.41, 5.74) is 2.41. The zero-order valence-corrected chi connectivity index (χ0v) is 9.91. The van der Waals surface area contributed by atoms with Crippen LogP contribution < -0.4 is 16.3 Å². The van der Waals surface area contributed by atoms with Crippen molar-refractivity contribution in [2.45, 2.75) is 19.0 Å². The van der Waals surface area contributed by atoms with Gasteiger partial charge in [-0.15, -0.1) is 0 Å². The molecule has 1 aromatic heterocycles. The molecule has 1 fully saturated rings. The number of aromatic amines is 2. The molecule has 6 heteroatoms. The van der Waals surface area contributed by atoms with Crippen LogP contribution in [0.2, 0.25) is 0 Å². The number of hydrogen-bond donors (Lipinski definition) is 4. The second kappa shape index (κ2) is 3.99. The van der Waals surface area contributed by atoms with Crippen LogP contribution in [-0.4, -0.2) is 28.5 Å². The molecule has 1 aliphatic rings. The van der Waals surface area contributed by atoms with Crippen molar-refractivity contribution in [3.05, 3.63) is 34.2 Å². The summed E-state index contributed by atoms with van der Waals surface area (Å²) < 4.78 is 0. The van der Waals surface area contributed by atoms with Crippen LogP contribution in [0, 0.1) is 0 Å². The normalized spacial score (nSPS) is 24.2. The Morgan fingerprint density at radius 1 is 1.17 bits per heavy atom. The van der Waals surface area contributed by atoms with Crippen molar-refractivity contribution >= 4 is 16.9 Å². The van der Waals surface area contributed by atoms with Gasteiger partial charge in [-0.2, -0.15) is 0 Å². The lowest BCUT2D eigenvalue weighted by Gasteiger charge is -2.29. The lowest BCUT2D eigenvalue weighted by molar-refractivity contribution is -0.124. The quantitative estimate of drug-likeness (QED) is 0.571. The van der Waals surface area contributed by atoms with Gasteiger partial charge in [0.1, 0.15) is 0 Å². The molecular weight excluding hydrogens is 232 g/mol. The van der Waals surface area contributed by atoms with Gasteiger partial charge in [0.2, 0.25) is 5.91 Å². The van der Waals surface area contributed by atoms with E-state index in [0.717, 1.165) is 16.6 Å². The number of carbonyl (C=O) groups excluding carboxylic acids is 1. The highest BCUT2D eigenvalue weighted by molar-refractivity contribution is 5.82. The molecule has 3 rings (SSSR count). The standard InChI is InChI=1S/C12H14N4O2/c1-6-11(17)13-5-10(14-6)7-2-3-8-9(4-7)16-12(18)15-8/h2-4,6,10,14H,5H2,1H3,(H,13,17)(H2,15,16,18). The Morgan fingerprint density at radius 2 is 1.94 bits per heavy atom. The van der Waals surface area contributed by atoms with E-state index in [1.54, 1.807) is 0 Å². The van der Waals surface area contributed by atoms with Crippen LogP contribution in [0.1, 0.15) is 18.5 Å². The van der Waals surface area contributed by atoms with Crippen LogP contribution in [0.15, 0.2) is 23.0 Å². The first-order valence-corrected chi connectivity index (χ1v) is 5.89. The molecule has 0 radical (unpaired) electrons. The van der Waals surface area contributed by atoms with Gasteiger partial charge in [-0.25, -0.2) is 4.79 Å². The van der Waals surface area contributed by atoms with Gasteiger partial charge in [0.05, 0.1) is 23.1 Å². The maximum atomic E-state index is 11.4. The molecule has 1 amide bonds. The number of amides is 1. The predicted molar refractivity (Wildman–Crippen MR) is 67.3 cm³/mol. The van der Waals surface area contributed by atoms with Crippen molar-refractivity contribution in [3.8, 4) is 0 Å². The zero-order chi connectivity index (χ0) is 12.7. The molecule has 0 bridgehead atoms. The second-order valence-corrected chi connectivity index (χ2v) is 4.57. The Morgan fingerprint density at radius 3 is 2.72 bits per heavy atom. The smallest absolute Gasteiger partial charge is 0.323 e. The molecule has 1 aliphatic heterocycles. The topological polar surface area (TPSA) is 89.8 Å². The maximum absolute atomic E-state index is 11.4. The SMILES string of the molecule is CC1NC(c2ccc3[nH]c(=O)[nH]c3c2)CNC1=O. The Hall–Kier alpha value is -2.08. The Labute approximate surface area is 103 Å². The van der Waals surface area contributed by atoms with Gasteiger partial charge >= 0.3 is 5.69 Å². The second-order valence-electron chi connectivity index (χ2n) is 4.57. The number of carbonyl (C=O) groups is 1. The number of hydrogen-bond acceptors (Lipinski definition) is 3. The molecule has 2 aromatic rings. The van der Waals surface area contributed by atoms with Gasteiger partial charge in [-0.1, -0.05) is 6.07 Å². The van der Waals surface area contributed by atoms with Gasteiger partial charge in [-0.05, 0) is 24.6 Å². The van der Waals surface area contributed by atoms with Crippen molar-refractivity contribution in [2.24, 2.45) is 0 Å². The van der Waals surface area contributed by atoms with Crippen molar-refractivity contribution in [1.29, 1.82) is 0 Å². The highest BCUT2D eigenvalue weighted by atomic mass is 16.2. The number of piperazine rings is 1. The lowest BCUT2D eigenvalue weighted by atomic mass is 10.0. The number of nitrogens with one attached hydrogen (secondary N) is 4. The minimum atomic E-state index is -0.208. The number of benzene rings is 1. The summed E-state index contributed by atoms with van der Waals surface area (Å²) in [4.78, 5) is 28.0. The van der Waals surface area contributed by atoms with Gasteiger partial charge < -0.3 is 15.3 Å².